The first-order chi connectivity index (χ1) is 9.01. The number of carbonyl (C=O) groups excluding carboxylic acids is 2. The van der Waals surface area contributed by atoms with Crippen LogP contribution in [-0.4, -0.2) is 55.2 Å². The summed E-state index contributed by atoms with van der Waals surface area (Å²) in [6.07, 6.45) is 2.17. The molecule has 0 aromatic heterocycles. The van der Waals surface area contributed by atoms with Crippen LogP contribution >= 0.6 is 0 Å². The summed E-state index contributed by atoms with van der Waals surface area (Å²) in [6, 6.07) is -0.409. The number of carbonyl (C=O) groups is 2. The molecule has 2 N–H and O–H groups in total. The Balaban J connectivity index is 2.24. The van der Waals surface area contributed by atoms with Gasteiger partial charge < -0.3 is 10.1 Å². The Morgan fingerprint density at radius 1 is 1.26 bits per heavy atom. The van der Waals surface area contributed by atoms with Gasteiger partial charge in [-0.1, -0.05) is 13.3 Å². The number of amides is 3. The molecule has 0 aromatic carbocycles. The lowest BCUT2D eigenvalue weighted by atomic mass is 10.2. The van der Waals surface area contributed by atoms with Crippen molar-refractivity contribution in [2.45, 2.75) is 45.8 Å². The number of hydrogen-bond donors (Lipinski definition) is 2. The Kier molecular flexibility index (Phi) is 6.80. The summed E-state index contributed by atoms with van der Waals surface area (Å²) < 4.78 is 5.59. The molecule has 1 fully saturated rings. The largest absolute Gasteiger partial charge is 0.373 e. The van der Waals surface area contributed by atoms with Gasteiger partial charge in [-0.3, -0.25) is 15.0 Å². The minimum atomic E-state index is -0.409. The highest BCUT2D eigenvalue weighted by molar-refractivity contribution is 5.95. The fraction of sp³-hybridized carbons (Fsp3) is 0.846. The van der Waals surface area contributed by atoms with Crippen molar-refractivity contribution in [3.8, 4) is 0 Å². The maximum absolute atomic E-state index is 11.7. The monoisotopic (exact) mass is 271 g/mol. The Labute approximate surface area is 114 Å². The predicted octanol–water partition coefficient (Wildman–Crippen LogP) is 0.722. The second-order valence-electron chi connectivity index (χ2n) is 5.11. The van der Waals surface area contributed by atoms with Crippen LogP contribution in [0, 0.1) is 0 Å². The van der Waals surface area contributed by atoms with Crippen LogP contribution in [0.2, 0.25) is 0 Å². The molecule has 0 aliphatic carbocycles. The van der Waals surface area contributed by atoms with Gasteiger partial charge in [0.25, 0.3) is 0 Å². The van der Waals surface area contributed by atoms with E-state index in [1.807, 2.05) is 25.7 Å². The van der Waals surface area contributed by atoms with Gasteiger partial charge in [-0.25, -0.2) is 4.79 Å². The van der Waals surface area contributed by atoms with Gasteiger partial charge in [0.2, 0.25) is 5.91 Å². The van der Waals surface area contributed by atoms with Crippen LogP contribution in [0.15, 0.2) is 0 Å². The van der Waals surface area contributed by atoms with Crippen molar-refractivity contribution in [3.05, 3.63) is 0 Å². The number of ether oxygens (including phenoxy) is 1. The zero-order chi connectivity index (χ0) is 14.3. The number of urea groups is 1. The number of nitrogens with zero attached hydrogens (tertiary/aromatic N) is 1. The number of imide groups is 1. The summed E-state index contributed by atoms with van der Waals surface area (Å²) in [5.41, 5.74) is 0. The summed E-state index contributed by atoms with van der Waals surface area (Å²) in [5.74, 6) is -0.268. The van der Waals surface area contributed by atoms with Crippen LogP contribution in [0.4, 0.5) is 4.79 Å². The van der Waals surface area contributed by atoms with E-state index in [9.17, 15) is 9.59 Å². The predicted molar refractivity (Wildman–Crippen MR) is 72.9 cm³/mol. The van der Waals surface area contributed by atoms with Gasteiger partial charge in [0.15, 0.2) is 0 Å². The molecule has 1 rings (SSSR count). The third-order valence-electron chi connectivity index (χ3n) is 2.93. The van der Waals surface area contributed by atoms with Gasteiger partial charge >= 0.3 is 6.03 Å². The Morgan fingerprint density at radius 3 is 2.47 bits per heavy atom. The van der Waals surface area contributed by atoms with Crippen molar-refractivity contribution in [1.82, 2.24) is 15.5 Å². The quantitative estimate of drug-likeness (QED) is 0.723. The molecule has 0 aromatic rings. The molecule has 110 valence electrons. The molecular formula is C13H25N3O3. The highest BCUT2D eigenvalue weighted by atomic mass is 16.5. The number of morpholine rings is 1. The topological polar surface area (TPSA) is 70.7 Å². The fourth-order valence-corrected chi connectivity index (χ4v) is 2.21. The molecule has 2 atom stereocenters. The van der Waals surface area contributed by atoms with Crippen LogP contribution in [0.25, 0.3) is 0 Å². The zero-order valence-corrected chi connectivity index (χ0v) is 12.1. The van der Waals surface area contributed by atoms with Crippen LogP contribution in [-0.2, 0) is 9.53 Å². The summed E-state index contributed by atoms with van der Waals surface area (Å²) >= 11 is 0. The fourth-order valence-electron chi connectivity index (χ4n) is 2.21. The molecule has 6 heteroatoms. The molecule has 19 heavy (non-hydrogen) atoms. The average Bonchev–Trinajstić information content (AvgIpc) is 2.27. The van der Waals surface area contributed by atoms with Gasteiger partial charge in [-0.05, 0) is 20.3 Å². The Hall–Kier alpha value is -1.14. The Bertz CT molecular complexity index is 300. The molecule has 0 radical (unpaired) electrons. The van der Waals surface area contributed by atoms with E-state index in [1.165, 1.54) is 0 Å². The summed E-state index contributed by atoms with van der Waals surface area (Å²) in [4.78, 5) is 25.1. The van der Waals surface area contributed by atoms with E-state index in [2.05, 4.69) is 10.6 Å². The SMILES string of the molecule is CCCCNC(=O)NC(=O)CN1C[C@@H](C)O[C@@H](C)C1. The third-order valence-corrected chi connectivity index (χ3v) is 2.93. The van der Waals surface area contributed by atoms with E-state index in [4.69, 9.17) is 4.74 Å². The second-order valence-corrected chi connectivity index (χ2v) is 5.11. The molecule has 0 spiro atoms. The van der Waals surface area contributed by atoms with E-state index in [0.717, 1.165) is 25.9 Å². The molecular weight excluding hydrogens is 246 g/mol. The standard InChI is InChI=1S/C13H25N3O3/c1-4-5-6-14-13(18)15-12(17)9-16-7-10(2)19-11(3)8-16/h10-11H,4-9H2,1-3H3,(H2,14,15,17,18)/t10-,11+. The minimum absolute atomic E-state index is 0.120. The molecule has 1 aliphatic rings. The van der Waals surface area contributed by atoms with Crippen molar-refractivity contribution in [1.29, 1.82) is 0 Å². The summed E-state index contributed by atoms with van der Waals surface area (Å²) in [6.45, 7) is 8.28. The number of hydrogen-bond acceptors (Lipinski definition) is 4. The highest BCUT2D eigenvalue weighted by Gasteiger charge is 2.24. The van der Waals surface area contributed by atoms with E-state index < -0.39 is 6.03 Å². The Morgan fingerprint density at radius 2 is 1.89 bits per heavy atom. The average molecular weight is 271 g/mol. The molecule has 3 amide bonds. The zero-order valence-electron chi connectivity index (χ0n) is 12.1. The van der Waals surface area contributed by atoms with Gasteiger partial charge in [0.05, 0.1) is 18.8 Å². The smallest absolute Gasteiger partial charge is 0.321 e. The molecule has 0 saturated carbocycles. The van der Waals surface area contributed by atoms with Crippen LogP contribution in [0.3, 0.4) is 0 Å². The van der Waals surface area contributed by atoms with E-state index >= 15 is 0 Å². The lowest BCUT2D eigenvalue weighted by molar-refractivity contribution is -0.124. The molecule has 1 heterocycles. The van der Waals surface area contributed by atoms with Crippen molar-refractivity contribution < 1.29 is 14.3 Å². The first-order valence-electron chi connectivity index (χ1n) is 6.96. The van der Waals surface area contributed by atoms with Gasteiger partial charge in [-0.2, -0.15) is 0 Å². The maximum Gasteiger partial charge on any atom is 0.321 e. The van der Waals surface area contributed by atoms with Crippen molar-refractivity contribution in [3.63, 3.8) is 0 Å². The molecule has 1 aliphatic heterocycles. The molecule has 0 bridgehead atoms. The molecule has 0 unspecified atom stereocenters. The second kappa shape index (κ2) is 8.12. The first-order valence-corrected chi connectivity index (χ1v) is 6.96. The van der Waals surface area contributed by atoms with Crippen LogP contribution in [0.1, 0.15) is 33.6 Å². The minimum Gasteiger partial charge on any atom is -0.373 e. The van der Waals surface area contributed by atoms with E-state index in [0.29, 0.717) is 6.54 Å². The summed E-state index contributed by atoms with van der Waals surface area (Å²) in [7, 11) is 0. The molecule has 6 nitrogen and oxygen atoms in total. The van der Waals surface area contributed by atoms with Gasteiger partial charge in [0, 0.05) is 19.6 Å². The number of nitrogens with one attached hydrogen (secondary N) is 2. The maximum atomic E-state index is 11.7. The van der Waals surface area contributed by atoms with Crippen LogP contribution in [0.5, 0.6) is 0 Å². The van der Waals surface area contributed by atoms with Crippen molar-refractivity contribution >= 4 is 11.9 Å². The highest BCUT2D eigenvalue weighted by Crippen LogP contribution is 2.09. The van der Waals surface area contributed by atoms with E-state index in [1.54, 1.807) is 0 Å². The lowest BCUT2D eigenvalue weighted by Crippen LogP contribution is -2.50. The van der Waals surface area contributed by atoms with Crippen LogP contribution < -0.4 is 10.6 Å². The van der Waals surface area contributed by atoms with Crippen molar-refractivity contribution in [2.75, 3.05) is 26.2 Å². The number of rotatable bonds is 5. The summed E-state index contributed by atoms with van der Waals surface area (Å²) in [5, 5.41) is 5.00. The van der Waals surface area contributed by atoms with Crippen molar-refractivity contribution in [2.24, 2.45) is 0 Å². The third kappa shape index (κ3) is 6.54. The normalized spacial score (nSPS) is 23.9. The van der Waals surface area contributed by atoms with E-state index in [-0.39, 0.29) is 24.7 Å². The first kappa shape index (κ1) is 15.9. The lowest BCUT2D eigenvalue weighted by Gasteiger charge is -2.34. The van der Waals surface area contributed by atoms with Gasteiger partial charge in [0.1, 0.15) is 0 Å². The molecule has 1 saturated heterocycles. The number of unbranched alkanes of at least 4 members (excludes halogenated alkanes) is 1. The van der Waals surface area contributed by atoms with Gasteiger partial charge in [-0.15, -0.1) is 0 Å².